The highest BCUT2D eigenvalue weighted by Gasteiger charge is 2.06. The van der Waals surface area contributed by atoms with E-state index in [1.807, 2.05) is 12.1 Å². The average molecular weight is 363 g/mol. The summed E-state index contributed by atoms with van der Waals surface area (Å²) < 4.78 is 13.0. The van der Waals surface area contributed by atoms with Gasteiger partial charge in [-0.05, 0) is 81.7 Å². The normalized spacial score (nSPS) is 13.5. The Kier molecular flexibility index (Phi) is 7.79. The second-order valence-electron chi connectivity index (χ2n) is 7.68. The fourth-order valence-corrected chi connectivity index (χ4v) is 3.24. The van der Waals surface area contributed by atoms with Crippen LogP contribution < -0.4 is 0 Å². The van der Waals surface area contributed by atoms with Gasteiger partial charge in [-0.15, -0.1) is 6.58 Å². The maximum Gasteiger partial charge on any atom is 0.123 e. The van der Waals surface area contributed by atoms with Crippen molar-refractivity contribution in [1.29, 1.82) is 0 Å². The van der Waals surface area contributed by atoms with Crippen LogP contribution in [0.1, 0.15) is 50.3 Å². The van der Waals surface area contributed by atoms with Crippen molar-refractivity contribution in [3.05, 3.63) is 101 Å². The summed E-state index contributed by atoms with van der Waals surface area (Å²) in [6.45, 7) is 12.7. The zero-order valence-corrected chi connectivity index (χ0v) is 17.1. The van der Waals surface area contributed by atoms with Crippen molar-refractivity contribution >= 4 is 5.57 Å². The fraction of sp³-hybridized carbons (Fsp3) is 0.308. The summed E-state index contributed by atoms with van der Waals surface area (Å²) in [6.07, 6.45) is 7.58. The quantitative estimate of drug-likeness (QED) is 0.422. The lowest BCUT2D eigenvalue weighted by Gasteiger charge is -2.13. The van der Waals surface area contributed by atoms with E-state index < -0.39 is 0 Å². The number of benzene rings is 2. The minimum Gasteiger partial charge on any atom is -0.207 e. The van der Waals surface area contributed by atoms with Crippen LogP contribution in [0.2, 0.25) is 0 Å². The predicted octanol–water partition coefficient (Wildman–Crippen LogP) is 7.70. The Bertz CT molecular complexity index is 804. The van der Waals surface area contributed by atoms with Crippen molar-refractivity contribution in [3.8, 4) is 0 Å². The zero-order valence-electron chi connectivity index (χ0n) is 17.1. The molecule has 0 bridgehead atoms. The molecule has 0 aliphatic rings. The molecule has 0 aliphatic carbocycles. The topological polar surface area (TPSA) is 0 Å². The highest BCUT2D eigenvalue weighted by atomic mass is 19.1. The lowest BCUT2D eigenvalue weighted by molar-refractivity contribution is 0.627. The second kappa shape index (κ2) is 10.1. The molecular formula is C26H31F. The largest absolute Gasteiger partial charge is 0.207 e. The molecule has 0 aliphatic heterocycles. The third-order valence-corrected chi connectivity index (χ3v) is 4.78. The second-order valence-corrected chi connectivity index (χ2v) is 7.68. The maximum atomic E-state index is 13.0. The summed E-state index contributed by atoms with van der Waals surface area (Å²) in [4.78, 5) is 0. The maximum absolute atomic E-state index is 13.0. The standard InChI is InChI=1S/C26H31F/c1-19(2)16-24(18-22(5)25-12-7-20(3)8-13-25)17-21(4)6-9-23-10-14-26(27)15-11-23/h7-8,10-15,17-18,24H,1,6,9,16H2,2-5H3/b21-17+,22-18+. The fourth-order valence-electron chi connectivity index (χ4n) is 3.24. The molecule has 2 aromatic rings. The number of rotatable bonds is 8. The smallest absolute Gasteiger partial charge is 0.123 e. The molecule has 0 N–H and O–H groups in total. The first-order valence-electron chi connectivity index (χ1n) is 9.65. The van der Waals surface area contributed by atoms with Gasteiger partial charge < -0.3 is 0 Å². The molecule has 0 radical (unpaired) electrons. The first-order valence-corrected chi connectivity index (χ1v) is 9.65. The minimum absolute atomic E-state index is 0.177. The molecule has 0 saturated carbocycles. The van der Waals surface area contributed by atoms with Gasteiger partial charge in [0.15, 0.2) is 0 Å². The molecule has 0 saturated heterocycles. The summed E-state index contributed by atoms with van der Waals surface area (Å²) in [6, 6.07) is 15.5. The first-order chi connectivity index (χ1) is 12.8. The Morgan fingerprint density at radius 3 is 2.19 bits per heavy atom. The van der Waals surface area contributed by atoms with Gasteiger partial charge in [0.2, 0.25) is 0 Å². The van der Waals surface area contributed by atoms with Crippen LogP contribution in [0.3, 0.4) is 0 Å². The van der Waals surface area contributed by atoms with Gasteiger partial charge in [0.25, 0.3) is 0 Å². The van der Waals surface area contributed by atoms with Gasteiger partial charge in [0.05, 0.1) is 0 Å². The average Bonchev–Trinajstić information content (AvgIpc) is 2.61. The van der Waals surface area contributed by atoms with Crippen molar-refractivity contribution < 1.29 is 4.39 Å². The molecule has 1 unspecified atom stereocenters. The molecule has 2 aromatic carbocycles. The third kappa shape index (κ3) is 7.38. The van der Waals surface area contributed by atoms with Crippen LogP contribution >= 0.6 is 0 Å². The molecule has 142 valence electrons. The molecule has 0 fully saturated rings. The van der Waals surface area contributed by atoms with Crippen LogP contribution in [0, 0.1) is 18.7 Å². The minimum atomic E-state index is -0.177. The van der Waals surface area contributed by atoms with Crippen LogP contribution in [-0.2, 0) is 6.42 Å². The van der Waals surface area contributed by atoms with E-state index in [-0.39, 0.29) is 5.82 Å². The van der Waals surface area contributed by atoms with E-state index in [9.17, 15) is 4.39 Å². The van der Waals surface area contributed by atoms with Crippen molar-refractivity contribution in [2.75, 3.05) is 0 Å². The molecule has 0 amide bonds. The molecule has 27 heavy (non-hydrogen) atoms. The Morgan fingerprint density at radius 1 is 0.963 bits per heavy atom. The molecule has 0 heterocycles. The summed E-state index contributed by atoms with van der Waals surface area (Å²) in [5.74, 6) is 0.168. The van der Waals surface area contributed by atoms with Gasteiger partial charge in [0.1, 0.15) is 5.82 Å². The van der Waals surface area contributed by atoms with Crippen LogP contribution in [-0.4, -0.2) is 0 Å². The van der Waals surface area contributed by atoms with Crippen molar-refractivity contribution in [1.82, 2.24) is 0 Å². The molecule has 0 aromatic heterocycles. The summed E-state index contributed by atoms with van der Waals surface area (Å²) in [7, 11) is 0. The molecule has 2 rings (SSSR count). The van der Waals surface area contributed by atoms with Gasteiger partial charge in [-0.2, -0.15) is 0 Å². The van der Waals surface area contributed by atoms with E-state index >= 15 is 0 Å². The van der Waals surface area contributed by atoms with Crippen LogP contribution in [0.15, 0.2) is 78.4 Å². The molecule has 0 nitrogen and oxygen atoms in total. The summed E-state index contributed by atoms with van der Waals surface area (Å²) in [5, 5.41) is 0. The van der Waals surface area contributed by atoms with Crippen LogP contribution in [0.4, 0.5) is 4.39 Å². The van der Waals surface area contributed by atoms with Crippen LogP contribution in [0.5, 0.6) is 0 Å². The van der Waals surface area contributed by atoms with E-state index in [0.29, 0.717) is 5.92 Å². The molecule has 1 atom stereocenters. The summed E-state index contributed by atoms with van der Waals surface area (Å²) in [5.41, 5.74) is 7.57. The predicted molar refractivity (Wildman–Crippen MR) is 116 cm³/mol. The number of hydrogen-bond acceptors (Lipinski definition) is 0. The van der Waals surface area contributed by atoms with Gasteiger partial charge in [-0.3, -0.25) is 0 Å². The Balaban J connectivity index is 2.10. The molecular weight excluding hydrogens is 331 g/mol. The summed E-state index contributed by atoms with van der Waals surface area (Å²) >= 11 is 0. The van der Waals surface area contributed by atoms with E-state index in [4.69, 9.17) is 0 Å². The van der Waals surface area contributed by atoms with Gasteiger partial charge in [-0.1, -0.05) is 65.3 Å². The van der Waals surface area contributed by atoms with Gasteiger partial charge in [-0.25, -0.2) is 4.39 Å². The number of halogens is 1. The zero-order chi connectivity index (χ0) is 19.8. The lowest BCUT2D eigenvalue weighted by atomic mass is 9.92. The van der Waals surface area contributed by atoms with Crippen molar-refractivity contribution in [3.63, 3.8) is 0 Å². The Hall–Kier alpha value is -2.41. The van der Waals surface area contributed by atoms with E-state index in [2.05, 4.69) is 70.7 Å². The monoisotopic (exact) mass is 362 g/mol. The lowest BCUT2D eigenvalue weighted by Crippen LogP contribution is -1.97. The van der Waals surface area contributed by atoms with E-state index in [0.717, 1.165) is 19.3 Å². The van der Waals surface area contributed by atoms with Crippen molar-refractivity contribution in [2.45, 2.75) is 47.0 Å². The molecule has 0 spiro atoms. The molecule has 1 heteroatoms. The van der Waals surface area contributed by atoms with E-state index in [1.54, 1.807) is 0 Å². The third-order valence-electron chi connectivity index (χ3n) is 4.78. The highest BCUT2D eigenvalue weighted by Crippen LogP contribution is 2.23. The van der Waals surface area contributed by atoms with Gasteiger partial charge >= 0.3 is 0 Å². The Labute approximate surface area is 164 Å². The van der Waals surface area contributed by atoms with E-state index in [1.165, 1.54) is 45.5 Å². The number of allylic oxidation sites excluding steroid dienone is 5. The SMILES string of the molecule is C=C(C)CC(/C=C(\C)CCc1ccc(F)cc1)/C=C(\C)c1ccc(C)cc1. The van der Waals surface area contributed by atoms with Gasteiger partial charge in [0, 0.05) is 0 Å². The van der Waals surface area contributed by atoms with Crippen molar-refractivity contribution in [2.24, 2.45) is 5.92 Å². The Morgan fingerprint density at radius 2 is 1.59 bits per heavy atom. The highest BCUT2D eigenvalue weighted by molar-refractivity contribution is 5.64. The number of aryl methyl sites for hydroxylation is 2. The number of hydrogen-bond donors (Lipinski definition) is 0. The van der Waals surface area contributed by atoms with Crippen LogP contribution in [0.25, 0.3) is 5.57 Å². The first kappa shape index (κ1) is 20.9.